The first kappa shape index (κ1) is 19.1. The number of nitrogens with one attached hydrogen (secondary N) is 1. The third-order valence-electron chi connectivity index (χ3n) is 4.72. The second kappa shape index (κ2) is 7.52. The number of piperidine rings is 1. The molecule has 2 aliphatic rings. The first-order chi connectivity index (χ1) is 11.8. The molecule has 0 amide bonds. The molecular formula is C16H23ClN2O4S2. The molecule has 1 heterocycles. The highest BCUT2D eigenvalue weighted by molar-refractivity contribution is 7.90. The molecule has 2 fully saturated rings. The molecule has 1 aliphatic carbocycles. The van der Waals surface area contributed by atoms with Crippen LogP contribution in [0.1, 0.15) is 31.2 Å². The quantitative estimate of drug-likeness (QED) is 0.750. The van der Waals surface area contributed by atoms with Gasteiger partial charge in [0, 0.05) is 24.7 Å². The van der Waals surface area contributed by atoms with Crippen molar-refractivity contribution < 1.29 is 16.8 Å². The number of benzene rings is 1. The molecule has 0 bridgehead atoms. The largest absolute Gasteiger partial charge is 0.216 e. The molecular weight excluding hydrogens is 384 g/mol. The maximum Gasteiger partial charge on any atom is 0.216 e. The Morgan fingerprint density at radius 3 is 2.36 bits per heavy atom. The molecule has 0 radical (unpaired) electrons. The van der Waals surface area contributed by atoms with Crippen LogP contribution in [0.2, 0.25) is 5.02 Å². The summed E-state index contributed by atoms with van der Waals surface area (Å²) in [7, 11) is -6.55. The smallest absolute Gasteiger partial charge is 0.215 e. The van der Waals surface area contributed by atoms with E-state index in [4.69, 9.17) is 11.6 Å². The van der Waals surface area contributed by atoms with Crippen LogP contribution in [0.25, 0.3) is 0 Å². The van der Waals surface area contributed by atoms with Gasteiger partial charge in [0.05, 0.1) is 11.0 Å². The van der Waals surface area contributed by atoms with Crippen molar-refractivity contribution in [3.63, 3.8) is 0 Å². The predicted octanol–water partition coefficient (Wildman–Crippen LogP) is 1.96. The van der Waals surface area contributed by atoms with Crippen molar-refractivity contribution in [3.8, 4) is 0 Å². The van der Waals surface area contributed by atoms with Crippen LogP contribution in [0.3, 0.4) is 0 Å². The number of nitrogens with zero attached hydrogens (tertiary/aromatic N) is 1. The zero-order chi connectivity index (χ0) is 18.1. The lowest BCUT2D eigenvalue weighted by Crippen LogP contribution is -2.42. The van der Waals surface area contributed by atoms with Gasteiger partial charge in [-0.3, -0.25) is 0 Å². The normalized spacial score (nSPS) is 20.7. The summed E-state index contributed by atoms with van der Waals surface area (Å²) < 4.78 is 53.1. The Bertz CT molecular complexity index is 814. The summed E-state index contributed by atoms with van der Waals surface area (Å²) in [5, 5.41) is 0.331. The summed E-state index contributed by atoms with van der Waals surface area (Å²) in [6.45, 7) is 1.32. The van der Waals surface area contributed by atoms with Crippen molar-refractivity contribution in [2.45, 2.75) is 36.7 Å². The van der Waals surface area contributed by atoms with Crippen molar-refractivity contribution in [2.24, 2.45) is 5.92 Å². The molecule has 140 valence electrons. The van der Waals surface area contributed by atoms with E-state index in [2.05, 4.69) is 4.72 Å². The van der Waals surface area contributed by atoms with Crippen LogP contribution >= 0.6 is 11.6 Å². The van der Waals surface area contributed by atoms with Gasteiger partial charge in [0.15, 0.2) is 0 Å². The van der Waals surface area contributed by atoms with Crippen LogP contribution in [-0.2, 0) is 25.8 Å². The third-order valence-corrected chi connectivity index (χ3v) is 8.67. The van der Waals surface area contributed by atoms with E-state index >= 15 is 0 Å². The zero-order valence-corrected chi connectivity index (χ0v) is 16.3. The molecule has 6 nitrogen and oxygen atoms in total. The highest BCUT2D eigenvalue weighted by Crippen LogP contribution is 2.33. The van der Waals surface area contributed by atoms with Gasteiger partial charge in [0.2, 0.25) is 20.0 Å². The monoisotopic (exact) mass is 406 g/mol. The van der Waals surface area contributed by atoms with Gasteiger partial charge in [-0.2, -0.15) is 0 Å². The van der Waals surface area contributed by atoms with Crippen LogP contribution < -0.4 is 4.72 Å². The highest BCUT2D eigenvalue weighted by atomic mass is 35.5. The molecule has 25 heavy (non-hydrogen) atoms. The summed E-state index contributed by atoms with van der Waals surface area (Å²) in [5.41, 5.74) is 0.644. The summed E-state index contributed by atoms with van der Waals surface area (Å²) in [6, 6.07) is 6.80. The zero-order valence-electron chi connectivity index (χ0n) is 13.9. The topological polar surface area (TPSA) is 83.6 Å². The van der Waals surface area contributed by atoms with Crippen molar-refractivity contribution >= 4 is 31.6 Å². The molecule has 1 aromatic rings. The number of hydrogen-bond acceptors (Lipinski definition) is 4. The number of halogens is 1. The van der Waals surface area contributed by atoms with Gasteiger partial charge in [-0.15, -0.1) is 0 Å². The molecule has 9 heteroatoms. The van der Waals surface area contributed by atoms with Gasteiger partial charge in [0.25, 0.3) is 0 Å². The van der Waals surface area contributed by atoms with Crippen molar-refractivity contribution in [3.05, 3.63) is 34.9 Å². The molecule has 0 spiro atoms. The minimum Gasteiger partial charge on any atom is -0.215 e. The highest BCUT2D eigenvalue weighted by Gasteiger charge is 2.41. The fourth-order valence-corrected chi connectivity index (χ4v) is 6.38. The van der Waals surface area contributed by atoms with Crippen molar-refractivity contribution in [1.29, 1.82) is 0 Å². The van der Waals surface area contributed by atoms with Gasteiger partial charge in [-0.25, -0.2) is 25.9 Å². The average Bonchev–Trinajstić information content (AvgIpc) is 3.38. The van der Waals surface area contributed by atoms with Crippen LogP contribution in [0.5, 0.6) is 0 Å². The van der Waals surface area contributed by atoms with Crippen LogP contribution in [0.15, 0.2) is 24.3 Å². The van der Waals surface area contributed by atoms with Gasteiger partial charge >= 0.3 is 0 Å². The van der Waals surface area contributed by atoms with E-state index in [1.165, 1.54) is 0 Å². The number of hydrogen-bond donors (Lipinski definition) is 1. The van der Waals surface area contributed by atoms with Crippen molar-refractivity contribution in [1.82, 2.24) is 9.03 Å². The molecule has 1 saturated heterocycles. The van der Waals surface area contributed by atoms with E-state index in [0.717, 1.165) is 12.8 Å². The first-order valence-corrected chi connectivity index (χ1v) is 12.0. The molecule has 1 aromatic carbocycles. The molecule has 1 saturated carbocycles. The maximum absolute atomic E-state index is 12.2. The molecule has 0 unspecified atom stereocenters. The minimum absolute atomic E-state index is 0.109. The number of sulfonamides is 2. The molecule has 3 rings (SSSR count). The van der Waals surface area contributed by atoms with Crippen LogP contribution in [-0.4, -0.2) is 46.0 Å². The summed E-state index contributed by atoms with van der Waals surface area (Å²) >= 11 is 5.88. The Morgan fingerprint density at radius 2 is 1.76 bits per heavy atom. The van der Waals surface area contributed by atoms with E-state index in [1.54, 1.807) is 28.6 Å². The van der Waals surface area contributed by atoms with Crippen LogP contribution in [0.4, 0.5) is 0 Å². The minimum atomic E-state index is -3.44. The Kier molecular flexibility index (Phi) is 5.75. The van der Waals surface area contributed by atoms with Gasteiger partial charge in [0.1, 0.15) is 0 Å². The number of rotatable bonds is 7. The maximum atomic E-state index is 12.2. The predicted molar refractivity (Wildman–Crippen MR) is 98.3 cm³/mol. The van der Waals surface area contributed by atoms with E-state index in [0.29, 0.717) is 43.1 Å². The fraction of sp³-hybridized carbons (Fsp3) is 0.625. The van der Waals surface area contributed by atoms with Crippen LogP contribution in [0, 0.1) is 5.92 Å². The molecule has 0 aromatic heterocycles. The Hall–Kier alpha value is -0.670. The Balaban J connectivity index is 1.47. The summed E-state index contributed by atoms with van der Waals surface area (Å²) in [4.78, 5) is 0. The van der Waals surface area contributed by atoms with Gasteiger partial charge in [-0.1, -0.05) is 23.7 Å². The lowest BCUT2D eigenvalue weighted by molar-refractivity contribution is 0.274. The van der Waals surface area contributed by atoms with Gasteiger partial charge in [-0.05, 0) is 49.3 Å². The standard InChI is InChI=1S/C16H23ClN2O4S2/c17-15-3-1-2-14(10-15)12-24(20,21)18-11-13-6-8-19(9-7-13)25(22,23)16-4-5-16/h1-3,10,13,16,18H,4-9,11-12H2. The molecule has 1 aliphatic heterocycles. The van der Waals surface area contributed by atoms with Crippen molar-refractivity contribution in [2.75, 3.05) is 19.6 Å². The lowest BCUT2D eigenvalue weighted by Gasteiger charge is -2.31. The Labute approximate surface area is 154 Å². The molecule has 1 N–H and O–H groups in total. The van der Waals surface area contributed by atoms with E-state index in [-0.39, 0.29) is 16.9 Å². The summed E-state index contributed by atoms with van der Waals surface area (Å²) in [6.07, 6.45) is 2.91. The SMILES string of the molecule is O=S(=O)(Cc1cccc(Cl)c1)NCC1CCN(S(=O)(=O)C2CC2)CC1. The second-order valence-electron chi connectivity index (χ2n) is 6.82. The lowest BCUT2D eigenvalue weighted by atomic mass is 9.99. The van der Waals surface area contributed by atoms with E-state index < -0.39 is 20.0 Å². The second-order valence-corrected chi connectivity index (χ2v) is 11.3. The fourth-order valence-electron chi connectivity index (χ4n) is 3.09. The summed E-state index contributed by atoms with van der Waals surface area (Å²) in [5.74, 6) is 0.0578. The van der Waals surface area contributed by atoms with E-state index in [9.17, 15) is 16.8 Å². The third kappa shape index (κ3) is 5.17. The van der Waals surface area contributed by atoms with Gasteiger partial charge < -0.3 is 0 Å². The molecule has 0 atom stereocenters. The Morgan fingerprint density at radius 1 is 1.08 bits per heavy atom. The average molecular weight is 407 g/mol. The van der Waals surface area contributed by atoms with E-state index in [1.807, 2.05) is 0 Å². The first-order valence-electron chi connectivity index (χ1n) is 8.47.